The van der Waals surface area contributed by atoms with E-state index in [1.807, 2.05) is 32.9 Å². The molecule has 0 spiro atoms. The van der Waals surface area contributed by atoms with Gasteiger partial charge in [-0.3, -0.25) is 4.79 Å². The lowest BCUT2D eigenvalue weighted by Gasteiger charge is -2.21. The van der Waals surface area contributed by atoms with Gasteiger partial charge >= 0.3 is 0 Å². The molecule has 7 heteroatoms. The Labute approximate surface area is 185 Å². The summed E-state index contributed by atoms with van der Waals surface area (Å²) in [5.41, 5.74) is 3.49. The number of nitrogens with zero attached hydrogens (tertiary/aromatic N) is 1. The molecule has 6 nitrogen and oxygen atoms in total. The first-order valence-corrected chi connectivity index (χ1v) is 12.2. The summed E-state index contributed by atoms with van der Waals surface area (Å²) in [4.78, 5) is 13.2. The van der Waals surface area contributed by atoms with Crippen molar-refractivity contribution >= 4 is 15.9 Å². The van der Waals surface area contributed by atoms with E-state index < -0.39 is 10.0 Å². The van der Waals surface area contributed by atoms with Crippen LogP contribution >= 0.6 is 0 Å². The van der Waals surface area contributed by atoms with Gasteiger partial charge in [-0.25, -0.2) is 8.42 Å². The highest BCUT2D eigenvalue weighted by Gasteiger charge is 2.27. The highest BCUT2D eigenvalue weighted by atomic mass is 32.2. The van der Waals surface area contributed by atoms with Crippen LogP contribution in [0.5, 0.6) is 5.75 Å². The first-order valence-electron chi connectivity index (χ1n) is 10.8. The summed E-state index contributed by atoms with van der Waals surface area (Å²) in [6.45, 7) is 6.99. The molecule has 2 aromatic carbocycles. The number of methoxy groups -OCH3 is 1. The molecule has 1 heterocycles. The van der Waals surface area contributed by atoms with Crippen molar-refractivity contribution in [3.05, 3.63) is 58.7 Å². The summed E-state index contributed by atoms with van der Waals surface area (Å²) in [5, 5.41) is 2.99. The quantitative estimate of drug-likeness (QED) is 0.718. The number of amides is 1. The minimum absolute atomic E-state index is 0.125. The maximum Gasteiger partial charge on any atom is 0.255 e. The molecule has 0 bridgehead atoms. The van der Waals surface area contributed by atoms with Crippen LogP contribution in [0.3, 0.4) is 0 Å². The molecule has 2 aromatic rings. The number of aryl methyl sites for hydroxylation is 2. The average Bonchev–Trinajstić information content (AvgIpc) is 3.03. The van der Waals surface area contributed by atoms with E-state index in [1.54, 1.807) is 6.07 Å². The number of hydrogen-bond acceptors (Lipinski definition) is 4. The molecule has 1 fully saturated rings. The van der Waals surface area contributed by atoms with Gasteiger partial charge in [0, 0.05) is 13.1 Å². The fourth-order valence-electron chi connectivity index (χ4n) is 4.12. The standard InChI is InChI=1S/C24H32N2O4S/c1-17-9-11-21(18(2)15-17)19(3)25-24(27)22-16-20(10-12-23(22)30-4)31(28,29)26-13-7-5-6-8-14-26/h9-12,15-16,19H,5-8,13-14H2,1-4H3,(H,25,27)/t19-/m0/s1. The monoisotopic (exact) mass is 444 g/mol. The second-order valence-corrected chi connectivity index (χ2v) is 10.2. The van der Waals surface area contributed by atoms with Crippen LogP contribution in [0.1, 0.15) is 65.7 Å². The third kappa shape index (κ3) is 5.28. The summed E-state index contributed by atoms with van der Waals surface area (Å²) in [5.74, 6) is -0.0163. The van der Waals surface area contributed by atoms with Crippen LogP contribution in [0.15, 0.2) is 41.3 Å². The van der Waals surface area contributed by atoms with Gasteiger partial charge in [0.15, 0.2) is 0 Å². The van der Waals surface area contributed by atoms with E-state index >= 15 is 0 Å². The Morgan fingerprint density at radius 1 is 1.03 bits per heavy atom. The normalized spacial score (nSPS) is 16.4. The van der Waals surface area contributed by atoms with Gasteiger partial charge in [0.05, 0.1) is 23.6 Å². The number of hydrogen-bond donors (Lipinski definition) is 1. The Kier molecular flexibility index (Phi) is 7.38. The van der Waals surface area contributed by atoms with Gasteiger partial charge in [0.1, 0.15) is 5.75 Å². The van der Waals surface area contributed by atoms with Crippen molar-refractivity contribution in [1.82, 2.24) is 9.62 Å². The molecule has 168 valence electrons. The molecule has 0 saturated carbocycles. The minimum atomic E-state index is -3.66. The van der Waals surface area contributed by atoms with Crippen LogP contribution in [0, 0.1) is 13.8 Å². The summed E-state index contributed by atoms with van der Waals surface area (Å²) in [6.07, 6.45) is 3.80. The number of nitrogens with one attached hydrogen (secondary N) is 1. The Balaban J connectivity index is 1.88. The smallest absolute Gasteiger partial charge is 0.255 e. The molecule has 1 saturated heterocycles. The number of ether oxygens (including phenoxy) is 1. The second-order valence-electron chi connectivity index (χ2n) is 8.24. The van der Waals surface area contributed by atoms with Gasteiger partial charge in [0.2, 0.25) is 10.0 Å². The molecule has 0 radical (unpaired) electrons. The van der Waals surface area contributed by atoms with Crippen LogP contribution in [0.25, 0.3) is 0 Å². The Morgan fingerprint density at radius 2 is 1.71 bits per heavy atom. The molecular weight excluding hydrogens is 412 g/mol. The highest BCUT2D eigenvalue weighted by molar-refractivity contribution is 7.89. The largest absolute Gasteiger partial charge is 0.496 e. The predicted octanol–water partition coefficient (Wildman–Crippen LogP) is 4.37. The van der Waals surface area contributed by atoms with Gasteiger partial charge in [-0.05, 0) is 62.9 Å². The van der Waals surface area contributed by atoms with Crippen molar-refractivity contribution in [2.45, 2.75) is 57.4 Å². The van der Waals surface area contributed by atoms with E-state index in [0.717, 1.165) is 42.4 Å². The van der Waals surface area contributed by atoms with Crippen molar-refractivity contribution in [2.24, 2.45) is 0 Å². The topological polar surface area (TPSA) is 75.7 Å². The minimum Gasteiger partial charge on any atom is -0.496 e. The van der Waals surface area contributed by atoms with Crippen molar-refractivity contribution < 1.29 is 17.9 Å². The Morgan fingerprint density at radius 3 is 2.32 bits per heavy atom. The first-order chi connectivity index (χ1) is 14.7. The van der Waals surface area contributed by atoms with Gasteiger partial charge in [-0.15, -0.1) is 0 Å². The van der Waals surface area contributed by atoms with Crippen molar-refractivity contribution in [1.29, 1.82) is 0 Å². The fourth-order valence-corrected chi connectivity index (χ4v) is 5.66. The molecule has 3 rings (SSSR count). The number of sulfonamides is 1. The lowest BCUT2D eigenvalue weighted by atomic mass is 10.00. The molecule has 1 N–H and O–H groups in total. The number of rotatable bonds is 6. The van der Waals surface area contributed by atoms with Crippen LogP contribution in [-0.4, -0.2) is 38.8 Å². The molecule has 1 aliphatic heterocycles. The van der Waals surface area contributed by atoms with Crippen molar-refractivity contribution in [3.63, 3.8) is 0 Å². The van der Waals surface area contributed by atoms with E-state index in [0.29, 0.717) is 18.8 Å². The molecule has 1 atom stereocenters. The fraction of sp³-hybridized carbons (Fsp3) is 0.458. The van der Waals surface area contributed by atoms with Crippen molar-refractivity contribution in [3.8, 4) is 5.75 Å². The third-order valence-electron chi connectivity index (χ3n) is 5.86. The highest BCUT2D eigenvalue weighted by Crippen LogP contribution is 2.27. The molecule has 1 amide bonds. The number of carbonyl (C=O) groups is 1. The second kappa shape index (κ2) is 9.83. The van der Waals surface area contributed by atoms with Gasteiger partial charge in [-0.2, -0.15) is 4.31 Å². The molecule has 0 aromatic heterocycles. The number of benzene rings is 2. The van der Waals surface area contributed by atoms with Crippen LogP contribution in [0.4, 0.5) is 0 Å². The Bertz CT molecular complexity index is 1040. The zero-order chi connectivity index (χ0) is 22.6. The van der Waals surface area contributed by atoms with E-state index in [9.17, 15) is 13.2 Å². The maximum absolute atomic E-state index is 13.2. The van der Waals surface area contributed by atoms with Gasteiger partial charge in [-0.1, -0.05) is 36.6 Å². The molecule has 1 aliphatic rings. The van der Waals surface area contributed by atoms with E-state index in [2.05, 4.69) is 11.4 Å². The summed E-state index contributed by atoms with van der Waals surface area (Å²) in [6, 6.07) is 10.4. The molecule has 0 aliphatic carbocycles. The SMILES string of the molecule is COc1ccc(S(=O)(=O)N2CCCCCC2)cc1C(=O)N[C@@H](C)c1ccc(C)cc1C. The maximum atomic E-state index is 13.2. The average molecular weight is 445 g/mol. The molecule has 31 heavy (non-hydrogen) atoms. The van der Waals surface area contributed by atoms with Crippen LogP contribution in [0.2, 0.25) is 0 Å². The third-order valence-corrected chi connectivity index (χ3v) is 7.75. The summed E-state index contributed by atoms with van der Waals surface area (Å²) in [7, 11) is -2.19. The lowest BCUT2D eigenvalue weighted by molar-refractivity contribution is 0.0936. The summed E-state index contributed by atoms with van der Waals surface area (Å²) >= 11 is 0. The molecular formula is C24H32N2O4S. The van der Waals surface area contributed by atoms with Gasteiger partial charge in [0.25, 0.3) is 5.91 Å². The zero-order valence-electron chi connectivity index (χ0n) is 18.8. The van der Waals surface area contributed by atoms with Crippen molar-refractivity contribution in [2.75, 3.05) is 20.2 Å². The summed E-state index contributed by atoms with van der Waals surface area (Å²) < 4.78 is 33.3. The zero-order valence-corrected chi connectivity index (χ0v) is 19.6. The predicted molar refractivity (Wildman–Crippen MR) is 122 cm³/mol. The Hall–Kier alpha value is -2.38. The van der Waals surface area contributed by atoms with E-state index in [1.165, 1.54) is 23.5 Å². The van der Waals surface area contributed by atoms with E-state index in [-0.39, 0.29) is 22.4 Å². The van der Waals surface area contributed by atoms with Crippen LogP contribution in [-0.2, 0) is 10.0 Å². The molecule has 0 unspecified atom stereocenters. The number of carbonyl (C=O) groups excluding carboxylic acids is 1. The first kappa shape index (κ1) is 23.3. The lowest BCUT2D eigenvalue weighted by Crippen LogP contribution is -2.32. The van der Waals surface area contributed by atoms with E-state index in [4.69, 9.17) is 4.74 Å². The van der Waals surface area contributed by atoms with Gasteiger partial charge < -0.3 is 10.1 Å². The van der Waals surface area contributed by atoms with Crippen LogP contribution < -0.4 is 10.1 Å².